The second-order valence-corrected chi connectivity index (χ2v) is 4.84. The molecule has 2 rings (SSSR count). The number of ketones is 1. The number of hydrogen-bond donors (Lipinski definition) is 0. The van der Waals surface area contributed by atoms with Crippen LogP contribution in [-0.2, 0) is 12.8 Å². The zero-order chi connectivity index (χ0) is 13.8. The Morgan fingerprint density at radius 2 is 1.79 bits per heavy atom. The Morgan fingerprint density at radius 1 is 1.00 bits per heavy atom. The minimum absolute atomic E-state index is 0.117. The highest BCUT2D eigenvalue weighted by Crippen LogP contribution is 2.26. The third-order valence-electron chi connectivity index (χ3n) is 3.54. The third kappa shape index (κ3) is 2.93. The smallest absolute Gasteiger partial charge is 0.159 e. The molecule has 1 heteroatoms. The number of carbonyl (C=O) groups excluding carboxylic acids is 1. The SMILES string of the molecule is CCc1ccc(CC)c(-c2cccc(C(C)=O)c2)c1. The van der Waals surface area contributed by atoms with E-state index >= 15 is 0 Å². The maximum Gasteiger partial charge on any atom is 0.159 e. The predicted molar refractivity (Wildman–Crippen MR) is 80.6 cm³/mol. The molecule has 0 unspecified atom stereocenters. The summed E-state index contributed by atoms with van der Waals surface area (Å²) >= 11 is 0. The highest BCUT2D eigenvalue weighted by molar-refractivity contribution is 5.95. The van der Waals surface area contributed by atoms with Crippen molar-refractivity contribution in [1.29, 1.82) is 0 Å². The Kier molecular flexibility index (Phi) is 4.16. The summed E-state index contributed by atoms with van der Waals surface area (Å²) in [6, 6.07) is 14.6. The molecule has 0 fully saturated rings. The molecule has 0 bridgehead atoms. The van der Waals surface area contributed by atoms with Crippen molar-refractivity contribution in [1.82, 2.24) is 0 Å². The fraction of sp³-hybridized carbons (Fsp3) is 0.278. The normalized spacial score (nSPS) is 10.5. The van der Waals surface area contributed by atoms with E-state index in [1.54, 1.807) is 6.92 Å². The van der Waals surface area contributed by atoms with Crippen LogP contribution in [0, 0.1) is 0 Å². The lowest BCUT2D eigenvalue weighted by Crippen LogP contribution is -1.94. The first-order chi connectivity index (χ1) is 9.15. The van der Waals surface area contributed by atoms with Crippen LogP contribution in [0.1, 0.15) is 42.3 Å². The van der Waals surface area contributed by atoms with E-state index in [4.69, 9.17) is 0 Å². The van der Waals surface area contributed by atoms with Crippen molar-refractivity contribution in [2.75, 3.05) is 0 Å². The van der Waals surface area contributed by atoms with E-state index in [2.05, 4.69) is 38.1 Å². The van der Waals surface area contributed by atoms with Gasteiger partial charge in [0.25, 0.3) is 0 Å². The lowest BCUT2D eigenvalue weighted by Gasteiger charge is -2.11. The number of rotatable bonds is 4. The number of hydrogen-bond acceptors (Lipinski definition) is 1. The quantitative estimate of drug-likeness (QED) is 0.722. The van der Waals surface area contributed by atoms with Crippen molar-refractivity contribution in [2.24, 2.45) is 0 Å². The van der Waals surface area contributed by atoms with E-state index in [-0.39, 0.29) is 5.78 Å². The number of benzene rings is 2. The van der Waals surface area contributed by atoms with E-state index < -0.39 is 0 Å². The van der Waals surface area contributed by atoms with Crippen molar-refractivity contribution in [3.05, 3.63) is 59.2 Å². The van der Waals surface area contributed by atoms with Gasteiger partial charge in [-0.05, 0) is 48.1 Å². The van der Waals surface area contributed by atoms with Crippen LogP contribution in [0.5, 0.6) is 0 Å². The van der Waals surface area contributed by atoms with Crippen LogP contribution >= 0.6 is 0 Å². The molecule has 0 amide bonds. The molecule has 0 spiro atoms. The molecule has 0 saturated heterocycles. The minimum atomic E-state index is 0.117. The van der Waals surface area contributed by atoms with Crippen LogP contribution in [-0.4, -0.2) is 5.78 Å². The van der Waals surface area contributed by atoms with Gasteiger partial charge in [-0.2, -0.15) is 0 Å². The van der Waals surface area contributed by atoms with Crippen LogP contribution in [0.4, 0.5) is 0 Å². The average Bonchev–Trinajstić information content (AvgIpc) is 2.46. The summed E-state index contributed by atoms with van der Waals surface area (Å²) in [6.45, 7) is 5.94. The molecule has 0 radical (unpaired) electrons. The predicted octanol–water partition coefficient (Wildman–Crippen LogP) is 4.68. The van der Waals surface area contributed by atoms with Crippen LogP contribution in [0.2, 0.25) is 0 Å². The highest BCUT2D eigenvalue weighted by Gasteiger charge is 2.07. The molecule has 0 aromatic heterocycles. The van der Waals surface area contributed by atoms with Crippen LogP contribution in [0.25, 0.3) is 11.1 Å². The molecular formula is C18H20O. The fourth-order valence-electron chi connectivity index (χ4n) is 2.33. The summed E-state index contributed by atoms with van der Waals surface area (Å²) < 4.78 is 0. The largest absolute Gasteiger partial charge is 0.295 e. The summed E-state index contributed by atoms with van der Waals surface area (Å²) in [5.74, 6) is 0.117. The topological polar surface area (TPSA) is 17.1 Å². The van der Waals surface area contributed by atoms with Crippen molar-refractivity contribution in [2.45, 2.75) is 33.6 Å². The lowest BCUT2D eigenvalue weighted by atomic mass is 9.94. The second-order valence-electron chi connectivity index (χ2n) is 4.84. The van der Waals surface area contributed by atoms with Gasteiger partial charge in [-0.15, -0.1) is 0 Å². The van der Waals surface area contributed by atoms with Crippen LogP contribution in [0.15, 0.2) is 42.5 Å². The fourth-order valence-corrected chi connectivity index (χ4v) is 2.33. The molecule has 0 aliphatic heterocycles. The summed E-state index contributed by atoms with van der Waals surface area (Å²) in [5.41, 5.74) is 5.84. The van der Waals surface area contributed by atoms with Gasteiger partial charge in [-0.1, -0.05) is 50.2 Å². The molecule has 2 aromatic rings. The van der Waals surface area contributed by atoms with Crippen molar-refractivity contribution in [3.8, 4) is 11.1 Å². The third-order valence-corrected chi connectivity index (χ3v) is 3.54. The van der Waals surface area contributed by atoms with Crippen LogP contribution < -0.4 is 0 Å². The van der Waals surface area contributed by atoms with Gasteiger partial charge < -0.3 is 0 Å². The molecule has 19 heavy (non-hydrogen) atoms. The van der Waals surface area contributed by atoms with Gasteiger partial charge in [0.2, 0.25) is 0 Å². The molecule has 2 aromatic carbocycles. The Labute approximate surface area is 115 Å². The first kappa shape index (κ1) is 13.5. The van der Waals surface area contributed by atoms with E-state index in [0.717, 1.165) is 24.0 Å². The molecular weight excluding hydrogens is 232 g/mol. The van der Waals surface area contributed by atoms with Crippen molar-refractivity contribution >= 4 is 5.78 Å². The second kappa shape index (κ2) is 5.83. The standard InChI is InChI=1S/C18H20O/c1-4-14-9-10-15(5-2)18(11-14)17-8-6-7-16(12-17)13(3)19/h6-12H,4-5H2,1-3H3. The van der Waals surface area contributed by atoms with Gasteiger partial charge in [0, 0.05) is 5.56 Å². The Balaban J connectivity index is 2.56. The zero-order valence-corrected chi connectivity index (χ0v) is 11.9. The Bertz CT molecular complexity index is 596. The molecule has 0 aliphatic carbocycles. The maximum absolute atomic E-state index is 11.5. The monoisotopic (exact) mass is 252 g/mol. The van der Waals surface area contributed by atoms with E-state index in [1.165, 1.54) is 16.7 Å². The molecule has 0 atom stereocenters. The summed E-state index contributed by atoms with van der Waals surface area (Å²) in [5, 5.41) is 0. The maximum atomic E-state index is 11.5. The molecule has 98 valence electrons. The highest BCUT2D eigenvalue weighted by atomic mass is 16.1. The van der Waals surface area contributed by atoms with E-state index in [0.29, 0.717) is 0 Å². The lowest BCUT2D eigenvalue weighted by molar-refractivity contribution is 0.101. The zero-order valence-electron chi connectivity index (χ0n) is 11.9. The van der Waals surface area contributed by atoms with Crippen LogP contribution in [0.3, 0.4) is 0 Å². The molecule has 0 saturated carbocycles. The summed E-state index contributed by atoms with van der Waals surface area (Å²) in [7, 11) is 0. The van der Waals surface area contributed by atoms with Gasteiger partial charge in [0.15, 0.2) is 5.78 Å². The number of aryl methyl sites for hydroxylation is 2. The van der Waals surface area contributed by atoms with Crippen molar-refractivity contribution in [3.63, 3.8) is 0 Å². The molecule has 0 heterocycles. The Hall–Kier alpha value is -1.89. The minimum Gasteiger partial charge on any atom is -0.295 e. The van der Waals surface area contributed by atoms with Gasteiger partial charge in [0.1, 0.15) is 0 Å². The van der Waals surface area contributed by atoms with E-state index in [9.17, 15) is 4.79 Å². The number of Topliss-reactive ketones (excluding diaryl/α,β-unsaturated/α-hetero) is 1. The van der Waals surface area contributed by atoms with Gasteiger partial charge in [-0.25, -0.2) is 0 Å². The molecule has 0 N–H and O–H groups in total. The Morgan fingerprint density at radius 3 is 2.42 bits per heavy atom. The molecule has 0 aliphatic rings. The first-order valence-electron chi connectivity index (χ1n) is 6.88. The summed E-state index contributed by atoms with van der Waals surface area (Å²) in [4.78, 5) is 11.5. The van der Waals surface area contributed by atoms with Gasteiger partial charge in [-0.3, -0.25) is 4.79 Å². The first-order valence-corrected chi connectivity index (χ1v) is 6.88. The molecule has 1 nitrogen and oxygen atoms in total. The number of carbonyl (C=O) groups is 1. The average molecular weight is 252 g/mol. The van der Waals surface area contributed by atoms with Crippen molar-refractivity contribution < 1.29 is 4.79 Å². The summed E-state index contributed by atoms with van der Waals surface area (Å²) in [6.07, 6.45) is 2.03. The van der Waals surface area contributed by atoms with Gasteiger partial charge in [0.05, 0.1) is 0 Å². The van der Waals surface area contributed by atoms with Gasteiger partial charge >= 0.3 is 0 Å². The van der Waals surface area contributed by atoms with E-state index in [1.807, 2.05) is 18.2 Å².